The van der Waals surface area contributed by atoms with Crippen molar-refractivity contribution in [3.63, 3.8) is 0 Å². The first-order valence-electron chi connectivity index (χ1n) is 6.63. The van der Waals surface area contributed by atoms with Crippen molar-refractivity contribution in [1.82, 2.24) is 0 Å². The van der Waals surface area contributed by atoms with Gasteiger partial charge in [0.2, 0.25) is 0 Å². The molecule has 0 atom stereocenters. The molecule has 0 fully saturated rings. The van der Waals surface area contributed by atoms with Crippen molar-refractivity contribution in [2.45, 2.75) is 19.8 Å². The van der Waals surface area contributed by atoms with Gasteiger partial charge in [0, 0.05) is 5.57 Å². The standard InChI is InChI=1S/C18H18O2/c1-13-3-9-16(10-4-13)17-11-7-15(8-12-17)6-5-14(2)18(19)20/h3-4,7-12H,2,5-6H2,1H3,(H,19,20). The van der Waals surface area contributed by atoms with Crippen molar-refractivity contribution in [2.24, 2.45) is 0 Å². The Kier molecular flexibility index (Phi) is 4.36. The fourth-order valence-electron chi connectivity index (χ4n) is 2.01. The topological polar surface area (TPSA) is 37.3 Å². The Morgan fingerprint density at radius 1 is 1.00 bits per heavy atom. The highest BCUT2D eigenvalue weighted by molar-refractivity contribution is 5.85. The fourth-order valence-corrected chi connectivity index (χ4v) is 2.01. The molecule has 0 aliphatic heterocycles. The van der Waals surface area contributed by atoms with Crippen molar-refractivity contribution in [3.8, 4) is 11.1 Å². The van der Waals surface area contributed by atoms with Crippen molar-refractivity contribution >= 4 is 5.97 Å². The van der Waals surface area contributed by atoms with Crippen LogP contribution >= 0.6 is 0 Å². The predicted octanol–water partition coefficient (Wildman–Crippen LogP) is 4.24. The summed E-state index contributed by atoms with van der Waals surface area (Å²) in [5.74, 6) is -0.915. The van der Waals surface area contributed by atoms with Crippen LogP contribution in [0.25, 0.3) is 11.1 Å². The maximum Gasteiger partial charge on any atom is 0.330 e. The third kappa shape index (κ3) is 3.58. The summed E-state index contributed by atoms with van der Waals surface area (Å²) in [6, 6.07) is 16.6. The minimum atomic E-state index is -0.915. The van der Waals surface area contributed by atoms with Gasteiger partial charge in [-0.15, -0.1) is 0 Å². The molecule has 0 heterocycles. The van der Waals surface area contributed by atoms with E-state index < -0.39 is 5.97 Å². The quantitative estimate of drug-likeness (QED) is 0.822. The first-order chi connectivity index (χ1) is 9.56. The summed E-state index contributed by atoms with van der Waals surface area (Å²) in [5, 5.41) is 8.78. The van der Waals surface area contributed by atoms with Crippen LogP contribution in [0.1, 0.15) is 17.5 Å². The van der Waals surface area contributed by atoms with Gasteiger partial charge < -0.3 is 5.11 Å². The van der Waals surface area contributed by atoms with Crippen molar-refractivity contribution in [1.29, 1.82) is 0 Å². The monoisotopic (exact) mass is 266 g/mol. The van der Waals surface area contributed by atoms with Crippen LogP contribution in [-0.2, 0) is 11.2 Å². The minimum Gasteiger partial charge on any atom is -0.478 e. The van der Waals surface area contributed by atoms with Crippen LogP contribution in [0.4, 0.5) is 0 Å². The number of carboxylic acid groups (broad SMARTS) is 1. The van der Waals surface area contributed by atoms with Gasteiger partial charge in [-0.3, -0.25) is 0 Å². The first-order valence-corrected chi connectivity index (χ1v) is 6.63. The van der Waals surface area contributed by atoms with Crippen LogP contribution in [0.5, 0.6) is 0 Å². The second-order valence-electron chi connectivity index (χ2n) is 4.97. The van der Waals surface area contributed by atoms with E-state index >= 15 is 0 Å². The van der Waals surface area contributed by atoms with Crippen molar-refractivity contribution in [3.05, 3.63) is 71.8 Å². The molecule has 2 rings (SSSR count). The number of carbonyl (C=O) groups is 1. The maximum absolute atomic E-state index is 10.7. The Labute approximate surface area is 119 Å². The van der Waals surface area contributed by atoms with Gasteiger partial charge in [0.05, 0.1) is 0 Å². The highest BCUT2D eigenvalue weighted by Crippen LogP contribution is 2.21. The Bertz CT molecular complexity index is 607. The Hall–Kier alpha value is -2.35. The summed E-state index contributed by atoms with van der Waals surface area (Å²) in [6.07, 6.45) is 1.19. The van der Waals surface area contributed by atoms with Crippen LogP contribution in [0, 0.1) is 6.92 Å². The second kappa shape index (κ2) is 6.20. The van der Waals surface area contributed by atoms with Crippen molar-refractivity contribution < 1.29 is 9.90 Å². The summed E-state index contributed by atoms with van der Waals surface area (Å²) in [5.41, 5.74) is 5.00. The molecule has 2 aromatic rings. The predicted molar refractivity (Wildman–Crippen MR) is 81.7 cm³/mol. The van der Waals surface area contributed by atoms with Crippen LogP contribution in [0.3, 0.4) is 0 Å². The largest absolute Gasteiger partial charge is 0.478 e. The molecule has 0 aliphatic rings. The molecule has 2 aromatic carbocycles. The van der Waals surface area contributed by atoms with Crippen LogP contribution in [0.15, 0.2) is 60.7 Å². The van der Waals surface area contributed by atoms with Gasteiger partial charge in [-0.1, -0.05) is 60.7 Å². The van der Waals surface area contributed by atoms with E-state index in [0.717, 1.165) is 5.56 Å². The number of aryl methyl sites for hydroxylation is 2. The molecule has 0 bridgehead atoms. The minimum absolute atomic E-state index is 0.257. The molecule has 102 valence electrons. The van der Waals surface area contributed by atoms with E-state index in [1.165, 1.54) is 16.7 Å². The molecule has 2 heteroatoms. The number of benzene rings is 2. The average Bonchev–Trinajstić information content (AvgIpc) is 2.46. The molecular weight excluding hydrogens is 248 g/mol. The number of carboxylic acids is 1. The molecule has 0 saturated heterocycles. The lowest BCUT2D eigenvalue weighted by Crippen LogP contribution is -2.00. The number of rotatable bonds is 5. The molecular formula is C18H18O2. The van der Waals surface area contributed by atoms with E-state index in [0.29, 0.717) is 12.8 Å². The molecule has 0 aliphatic carbocycles. The molecule has 2 nitrogen and oxygen atoms in total. The smallest absolute Gasteiger partial charge is 0.330 e. The summed E-state index contributed by atoms with van der Waals surface area (Å²) in [7, 11) is 0. The highest BCUT2D eigenvalue weighted by Gasteiger charge is 2.04. The SMILES string of the molecule is C=C(CCc1ccc(-c2ccc(C)cc2)cc1)C(=O)O. The summed E-state index contributed by atoms with van der Waals surface area (Å²) < 4.78 is 0. The average molecular weight is 266 g/mol. The lowest BCUT2D eigenvalue weighted by molar-refractivity contribution is -0.132. The zero-order valence-electron chi connectivity index (χ0n) is 11.6. The molecule has 0 aromatic heterocycles. The number of hydrogen-bond acceptors (Lipinski definition) is 1. The number of aliphatic carboxylic acids is 1. The van der Waals surface area contributed by atoms with Crippen LogP contribution in [-0.4, -0.2) is 11.1 Å². The highest BCUT2D eigenvalue weighted by atomic mass is 16.4. The van der Waals surface area contributed by atoms with E-state index in [2.05, 4.69) is 49.9 Å². The second-order valence-corrected chi connectivity index (χ2v) is 4.97. The summed E-state index contributed by atoms with van der Waals surface area (Å²) in [6.45, 7) is 5.61. The maximum atomic E-state index is 10.7. The van der Waals surface area contributed by atoms with Gasteiger partial charge in [-0.05, 0) is 36.5 Å². The van der Waals surface area contributed by atoms with Gasteiger partial charge in [0.25, 0.3) is 0 Å². The summed E-state index contributed by atoms with van der Waals surface area (Å²) >= 11 is 0. The lowest BCUT2D eigenvalue weighted by Gasteiger charge is -2.05. The summed E-state index contributed by atoms with van der Waals surface area (Å²) in [4.78, 5) is 10.7. The van der Waals surface area contributed by atoms with E-state index in [9.17, 15) is 4.79 Å². The van der Waals surface area contributed by atoms with Crippen LogP contribution < -0.4 is 0 Å². The number of hydrogen-bond donors (Lipinski definition) is 1. The van der Waals surface area contributed by atoms with Gasteiger partial charge in [0.15, 0.2) is 0 Å². The van der Waals surface area contributed by atoms with E-state index in [-0.39, 0.29) is 5.57 Å². The van der Waals surface area contributed by atoms with E-state index in [1.807, 2.05) is 12.1 Å². The van der Waals surface area contributed by atoms with E-state index in [1.54, 1.807) is 0 Å². The Morgan fingerprint density at radius 3 is 2.00 bits per heavy atom. The third-order valence-corrected chi connectivity index (χ3v) is 3.36. The molecule has 20 heavy (non-hydrogen) atoms. The Morgan fingerprint density at radius 2 is 1.50 bits per heavy atom. The lowest BCUT2D eigenvalue weighted by atomic mass is 10.0. The van der Waals surface area contributed by atoms with Gasteiger partial charge >= 0.3 is 5.97 Å². The van der Waals surface area contributed by atoms with Gasteiger partial charge in [-0.2, -0.15) is 0 Å². The molecule has 0 radical (unpaired) electrons. The van der Waals surface area contributed by atoms with Gasteiger partial charge in [-0.25, -0.2) is 4.79 Å². The molecule has 0 unspecified atom stereocenters. The van der Waals surface area contributed by atoms with E-state index in [4.69, 9.17) is 5.11 Å². The Balaban J connectivity index is 2.04. The molecule has 0 spiro atoms. The molecule has 1 N–H and O–H groups in total. The molecule has 0 amide bonds. The zero-order valence-corrected chi connectivity index (χ0v) is 11.6. The third-order valence-electron chi connectivity index (χ3n) is 3.36. The molecule has 0 saturated carbocycles. The fraction of sp³-hybridized carbons (Fsp3) is 0.167. The van der Waals surface area contributed by atoms with Gasteiger partial charge in [0.1, 0.15) is 0 Å². The zero-order chi connectivity index (χ0) is 14.5. The van der Waals surface area contributed by atoms with Crippen LogP contribution in [0.2, 0.25) is 0 Å². The normalized spacial score (nSPS) is 10.2. The first kappa shape index (κ1) is 14.1. The van der Waals surface area contributed by atoms with Crippen molar-refractivity contribution in [2.75, 3.05) is 0 Å².